The number of halogens is 2. The van der Waals surface area contributed by atoms with Crippen LogP contribution in [0.4, 0.5) is 0 Å². The van der Waals surface area contributed by atoms with Gasteiger partial charge in [0.2, 0.25) is 0 Å². The van der Waals surface area contributed by atoms with Crippen molar-refractivity contribution in [2.24, 2.45) is 0 Å². The van der Waals surface area contributed by atoms with Crippen molar-refractivity contribution < 1.29 is 0 Å². The van der Waals surface area contributed by atoms with Gasteiger partial charge in [-0.05, 0) is 45.8 Å². The van der Waals surface area contributed by atoms with Crippen molar-refractivity contribution in [3.63, 3.8) is 0 Å². The first-order chi connectivity index (χ1) is 9.74. The minimum Gasteiger partial charge on any atom is -0.306 e. The van der Waals surface area contributed by atoms with E-state index in [0.717, 1.165) is 33.1 Å². The molecule has 0 fully saturated rings. The third-order valence-corrected chi connectivity index (χ3v) is 4.19. The summed E-state index contributed by atoms with van der Waals surface area (Å²) in [7, 11) is 0. The molecule has 20 heavy (non-hydrogen) atoms. The fraction of sp³-hybridized carbons (Fsp3) is 0.143. The lowest BCUT2D eigenvalue weighted by atomic mass is 10.2. The highest BCUT2D eigenvalue weighted by atomic mass is 79.9. The molecule has 0 saturated heterocycles. The maximum atomic E-state index is 5.97. The summed E-state index contributed by atoms with van der Waals surface area (Å²) < 4.78 is 2.89. The summed E-state index contributed by atoms with van der Waals surface area (Å²) in [6.45, 7) is 1.41. The lowest BCUT2D eigenvalue weighted by Gasteiger charge is -2.05. The van der Waals surface area contributed by atoms with Crippen LogP contribution in [0.3, 0.4) is 0 Å². The van der Waals surface area contributed by atoms with E-state index in [9.17, 15) is 0 Å². The molecule has 0 atom stereocenters. The van der Waals surface area contributed by atoms with E-state index in [1.165, 1.54) is 0 Å². The normalized spacial score (nSPS) is 11.1. The first-order valence-electron chi connectivity index (χ1n) is 6.17. The van der Waals surface area contributed by atoms with E-state index in [2.05, 4.69) is 31.4 Å². The molecule has 0 aliphatic heterocycles. The maximum absolute atomic E-state index is 5.97. The first-order valence-corrected chi connectivity index (χ1v) is 7.34. The molecule has 0 aliphatic rings. The van der Waals surface area contributed by atoms with E-state index < -0.39 is 0 Å². The molecule has 0 aliphatic carbocycles. The maximum Gasteiger partial charge on any atom is 0.160 e. The average molecular weight is 352 g/mol. The Bertz CT molecular complexity index is 741. The molecule has 3 aromatic rings. The summed E-state index contributed by atoms with van der Waals surface area (Å²) >= 11 is 9.40. The van der Waals surface area contributed by atoms with E-state index >= 15 is 0 Å². The number of rotatable bonds is 4. The number of aromatic nitrogens is 3. The van der Waals surface area contributed by atoms with Crippen LogP contribution < -0.4 is 5.32 Å². The van der Waals surface area contributed by atoms with Gasteiger partial charge in [0, 0.05) is 17.2 Å². The molecule has 0 radical (unpaired) electrons. The van der Waals surface area contributed by atoms with E-state index in [-0.39, 0.29) is 0 Å². The van der Waals surface area contributed by atoms with Crippen LogP contribution in [0.5, 0.6) is 0 Å². The van der Waals surface area contributed by atoms with Gasteiger partial charge in [0.15, 0.2) is 11.5 Å². The van der Waals surface area contributed by atoms with E-state index in [1.54, 1.807) is 0 Å². The summed E-state index contributed by atoms with van der Waals surface area (Å²) in [6, 6.07) is 11.8. The van der Waals surface area contributed by atoms with Gasteiger partial charge in [0.05, 0.1) is 11.6 Å². The zero-order valence-electron chi connectivity index (χ0n) is 10.6. The van der Waals surface area contributed by atoms with E-state index in [4.69, 9.17) is 11.6 Å². The lowest BCUT2D eigenvalue weighted by molar-refractivity contribution is 0.656. The number of fused-ring (bicyclic) bond motifs is 1. The van der Waals surface area contributed by atoms with Gasteiger partial charge in [-0.15, -0.1) is 10.2 Å². The summed E-state index contributed by atoms with van der Waals surface area (Å²) in [4.78, 5) is 0. The predicted octanol–water partition coefficient (Wildman–Crippen LogP) is 3.44. The van der Waals surface area contributed by atoms with Crippen molar-refractivity contribution in [3.05, 3.63) is 63.5 Å². The van der Waals surface area contributed by atoms with Crippen LogP contribution in [-0.2, 0) is 13.1 Å². The third kappa shape index (κ3) is 2.85. The summed E-state index contributed by atoms with van der Waals surface area (Å²) in [5.41, 5.74) is 2.02. The molecule has 0 spiro atoms. The van der Waals surface area contributed by atoms with Crippen LogP contribution in [-0.4, -0.2) is 14.6 Å². The summed E-state index contributed by atoms with van der Waals surface area (Å²) in [5, 5.41) is 12.4. The zero-order valence-corrected chi connectivity index (χ0v) is 12.9. The molecule has 2 aromatic heterocycles. The molecule has 0 saturated carbocycles. The topological polar surface area (TPSA) is 42.2 Å². The fourth-order valence-electron chi connectivity index (χ4n) is 1.98. The zero-order chi connectivity index (χ0) is 13.9. The number of nitrogens with one attached hydrogen (secondary N) is 1. The Labute approximate surface area is 129 Å². The second-order valence-electron chi connectivity index (χ2n) is 4.40. The van der Waals surface area contributed by atoms with Crippen molar-refractivity contribution in [3.8, 4) is 0 Å². The Kier molecular flexibility index (Phi) is 4.00. The smallest absolute Gasteiger partial charge is 0.160 e. The second kappa shape index (κ2) is 5.91. The minimum absolute atomic E-state index is 0.658. The molecule has 102 valence electrons. The van der Waals surface area contributed by atoms with Gasteiger partial charge in [0.25, 0.3) is 0 Å². The SMILES string of the molecule is Clc1ccc(CNCc2nnc3ccccn23)cc1Br. The van der Waals surface area contributed by atoms with E-state index in [0.29, 0.717) is 6.54 Å². The van der Waals surface area contributed by atoms with Gasteiger partial charge in [-0.3, -0.25) is 4.40 Å². The highest BCUT2D eigenvalue weighted by molar-refractivity contribution is 9.10. The van der Waals surface area contributed by atoms with Crippen LogP contribution in [0.15, 0.2) is 47.1 Å². The fourth-order valence-corrected chi connectivity index (χ4v) is 2.52. The molecule has 6 heteroatoms. The molecule has 0 unspecified atom stereocenters. The Morgan fingerprint density at radius 2 is 2.05 bits per heavy atom. The van der Waals surface area contributed by atoms with Gasteiger partial charge in [-0.1, -0.05) is 23.7 Å². The quantitative estimate of drug-likeness (QED) is 0.783. The summed E-state index contributed by atoms with van der Waals surface area (Å²) in [5.74, 6) is 0.897. The van der Waals surface area contributed by atoms with Crippen molar-refractivity contribution >= 4 is 33.2 Å². The number of benzene rings is 1. The molecule has 1 N–H and O–H groups in total. The van der Waals surface area contributed by atoms with Gasteiger partial charge < -0.3 is 5.32 Å². The van der Waals surface area contributed by atoms with Crippen LogP contribution in [0.2, 0.25) is 5.02 Å². The standard InChI is InChI=1S/C14H12BrClN4/c15-11-7-10(4-5-12(11)16)8-17-9-14-19-18-13-3-1-2-6-20(13)14/h1-7,17H,8-9H2. The number of hydrogen-bond donors (Lipinski definition) is 1. The Balaban J connectivity index is 1.66. The summed E-state index contributed by atoms with van der Waals surface area (Å²) in [6.07, 6.45) is 1.96. The highest BCUT2D eigenvalue weighted by Crippen LogP contribution is 2.23. The number of nitrogens with zero attached hydrogens (tertiary/aromatic N) is 3. The van der Waals surface area contributed by atoms with E-state index in [1.807, 2.05) is 47.0 Å². The van der Waals surface area contributed by atoms with Crippen LogP contribution >= 0.6 is 27.5 Å². The minimum atomic E-state index is 0.658. The van der Waals surface area contributed by atoms with Gasteiger partial charge in [0.1, 0.15) is 0 Å². The van der Waals surface area contributed by atoms with Gasteiger partial charge in [-0.2, -0.15) is 0 Å². The van der Waals surface area contributed by atoms with Gasteiger partial charge in [-0.25, -0.2) is 0 Å². The molecule has 0 bridgehead atoms. The molecule has 2 heterocycles. The van der Waals surface area contributed by atoms with Crippen LogP contribution in [0.25, 0.3) is 5.65 Å². The molecular weight excluding hydrogens is 340 g/mol. The molecule has 3 rings (SSSR count). The van der Waals surface area contributed by atoms with Crippen molar-refractivity contribution in [1.29, 1.82) is 0 Å². The average Bonchev–Trinajstić information content (AvgIpc) is 2.86. The monoisotopic (exact) mass is 350 g/mol. The molecule has 0 amide bonds. The molecule has 4 nitrogen and oxygen atoms in total. The highest BCUT2D eigenvalue weighted by Gasteiger charge is 2.04. The largest absolute Gasteiger partial charge is 0.306 e. The molecular formula is C14H12BrClN4. The third-order valence-electron chi connectivity index (χ3n) is 2.98. The number of pyridine rings is 1. The first kappa shape index (κ1) is 13.5. The Morgan fingerprint density at radius 3 is 2.90 bits per heavy atom. The predicted molar refractivity (Wildman–Crippen MR) is 82.7 cm³/mol. The van der Waals surface area contributed by atoms with Crippen molar-refractivity contribution in [2.45, 2.75) is 13.1 Å². The lowest BCUT2D eigenvalue weighted by Crippen LogP contribution is -2.14. The number of hydrogen-bond acceptors (Lipinski definition) is 3. The van der Waals surface area contributed by atoms with Crippen LogP contribution in [0, 0.1) is 0 Å². The Hall–Kier alpha value is -1.43. The molecule has 1 aromatic carbocycles. The van der Waals surface area contributed by atoms with Crippen LogP contribution in [0.1, 0.15) is 11.4 Å². The second-order valence-corrected chi connectivity index (χ2v) is 5.66. The van der Waals surface area contributed by atoms with Gasteiger partial charge >= 0.3 is 0 Å². The Morgan fingerprint density at radius 1 is 1.15 bits per heavy atom. The van der Waals surface area contributed by atoms with Crippen molar-refractivity contribution in [2.75, 3.05) is 0 Å². The van der Waals surface area contributed by atoms with Crippen molar-refractivity contribution in [1.82, 2.24) is 19.9 Å².